The molecule has 0 atom stereocenters. The highest BCUT2D eigenvalue weighted by atomic mass is 32.2. The van der Waals surface area contributed by atoms with E-state index in [2.05, 4.69) is 21.9 Å². The van der Waals surface area contributed by atoms with E-state index in [4.69, 9.17) is 9.84 Å². The molecule has 1 aliphatic heterocycles. The number of likely N-dealkylation sites (tertiary alicyclic amines) is 1. The molecule has 1 fully saturated rings. The van der Waals surface area contributed by atoms with Crippen LogP contribution in [-0.2, 0) is 16.6 Å². The van der Waals surface area contributed by atoms with E-state index < -0.39 is 16.0 Å². The Balaban J connectivity index is 1.27. The number of carbonyl (C=O) groups is 2. The lowest BCUT2D eigenvalue weighted by Gasteiger charge is -2.38. The Morgan fingerprint density at radius 2 is 1.50 bits per heavy atom. The Kier molecular flexibility index (Phi) is 10.4. The topological polar surface area (TPSA) is 128 Å². The van der Waals surface area contributed by atoms with Gasteiger partial charge in [0.25, 0.3) is 0 Å². The highest BCUT2D eigenvalue weighted by molar-refractivity contribution is 7.92. The van der Waals surface area contributed by atoms with Crippen molar-refractivity contribution in [1.29, 1.82) is 0 Å². The van der Waals surface area contributed by atoms with Crippen molar-refractivity contribution in [1.82, 2.24) is 9.80 Å². The molecular weight excluding hydrogens is 556 g/mol. The average molecular weight is 595 g/mol. The largest absolute Gasteiger partial charge is 0.478 e. The van der Waals surface area contributed by atoms with Crippen molar-refractivity contribution in [3.05, 3.63) is 83.9 Å². The van der Waals surface area contributed by atoms with Crippen molar-refractivity contribution in [3.8, 4) is 11.5 Å². The molecule has 0 aliphatic carbocycles. The summed E-state index contributed by atoms with van der Waals surface area (Å²) in [5.74, 6) is 0.302. The number of hydrogen-bond donors (Lipinski definition) is 3. The van der Waals surface area contributed by atoms with Gasteiger partial charge in [-0.3, -0.25) is 9.62 Å². The molecule has 3 aromatic carbocycles. The van der Waals surface area contributed by atoms with Gasteiger partial charge in [-0.05, 0) is 85.5 Å². The second-order valence-electron chi connectivity index (χ2n) is 10.5. The van der Waals surface area contributed by atoms with Crippen LogP contribution in [0.25, 0.3) is 0 Å². The highest BCUT2D eigenvalue weighted by Gasteiger charge is 2.28. The molecular formula is C31H38N4O6S. The van der Waals surface area contributed by atoms with Crippen LogP contribution in [-0.4, -0.2) is 67.3 Å². The number of hydrogen-bond acceptors (Lipinski definition) is 6. The lowest BCUT2D eigenvalue weighted by Crippen LogP contribution is -2.49. The van der Waals surface area contributed by atoms with E-state index in [1.165, 1.54) is 17.7 Å². The van der Waals surface area contributed by atoms with E-state index in [1.54, 1.807) is 36.4 Å². The number of anilines is 2. The van der Waals surface area contributed by atoms with Crippen molar-refractivity contribution in [2.75, 3.05) is 35.9 Å². The molecule has 42 heavy (non-hydrogen) atoms. The zero-order valence-corrected chi connectivity index (χ0v) is 24.8. The van der Waals surface area contributed by atoms with Gasteiger partial charge in [-0.1, -0.05) is 25.5 Å². The van der Waals surface area contributed by atoms with Crippen LogP contribution in [0, 0.1) is 0 Å². The molecule has 0 spiro atoms. The molecule has 1 heterocycles. The van der Waals surface area contributed by atoms with Gasteiger partial charge in [0.1, 0.15) is 11.5 Å². The minimum absolute atomic E-state index is 0.140. The molecule has 0 aromatic heterocycles. The van der Waals surface area contributed by atoms with Gasteiger partial charge < -0.3 is 20.1 Å². The zero-order chi connectivity index (χ0) is 30.1. The maximum absolute atomic E-state index is 13.2. The van der Waals surface area contributed by atoms with E-state index in [9.17, 15) is 18.0 Å². The summed E-state index contributed by atoms with van der Waals surface area (Å²) in [4.78, 5) is 28.6. The summed E-state index contributed by atoms with van der Waals surface area (Å²) in [5, 5.41) is 12.0. The average Bonchev–Trinajstić information content (AvgIpc) is 2.96. The van der Waals surface area contributed by atoms with Crippen molar-refractivity contribution < 1.29 is 27.9 Å². The molecule has 10 nitrogen and oxygen atoms in total. The molecule has 2 amide bonds. The predicted octanol–water partition coefficient (Wildman–Crippen LogP) is 5.85. The van der Waals surface area contributed by atoms with Crippen molar-refractivity contribution in [2.24, 2.45) is 0 Å². The molecule has 1 aliphatic rings. The second-order valence-corrected chi connectivity index (χ2v) is 12.3. The number of amides is 2. The summed E-state index contributed by atoms with van der Waals surface area (Å²) in [6.45, 7) is 5.34. The van der Waals surface area contributed by atoms with Gasteiger partial charge in [-0.2, -0.15) is 0 Å². The molecule has 1 saturated heterocycles. The smallest absolute Gasteiger partial charge is 0.335 e. The number of nitrogens with zero attached hydrogens (tertiary/aromatic N) is 2. The number of rotatable bonds is 12. The first-order valence-corrected chi connectivity index (χ1v) is 16.0. The van der Waals surface area contributed by atoms with Crippen molar-refractivity contribution in [2.45, 2.75) is 45.2 Å². The van der Waals surface area contributed by atoms with Crippen LogP contribution < -0.4 is 14.8 Å². The summed E-state index contributed by atoms with van der Waals surface area (Å²) in [7, 11) is -3.33. The van der Waals surface area contributed by atoms with Crippen LogP contribution in [0.1, 0.15) is 48.5 Å². The number of urea groups is 1. The number of nitrogens with one attached hydrogen (secondary N) is 2. The van der Waals surface area contributed by atoms with E-state index >= 15 is 0 Å². The van der Waals surface area contributed by atoms with Gasteiger partial charge in [0.05, 0.1) is 11.8 Å². The molecule has 224 valence electrons. The fourth-order valence-corrected chi connectivity index (χ4v) is 5.49. The van der Waals surface area contributed by atoms with Gasteiger partial charge in [0.2, 0.25) is 10.0 Å². The maximum Gasteiger partial charge on any atom is 0.335 e. The van der Waals surface area contributed by atoms with Crippen molar-refractivity contribution >= 4 is 33.4 Å². The lowest BCUT2D eigenvalue weighted by molar-refractivity contribution is 0.0697. The first kappa shape index (κ1) is 30.9. The molecule has 0 bridgehead atoms. The second kappa shape index (κ2) is 14.2. The van der Waals surface area contributed by atoms with E-state index in [0.717, 1.165) is 51.6 Å². The Labute approximate surface area is 247 Å². The molecule has 11 heteroatoms. The maximum atomic E-state index is 13.2. The molecule has 0 saturated carbocycles. The quantitative estimate of drug-likeness (QED) is 0.240. The fourth-order valence-electron chi connectivity index (χ4n) is 4.92. The summed E-state index contributed by atoms with van der Waals surface area (Å²) in [6, 6.07) is 20.9. The standard InChI is InChI=1S/C31H38N4O6S/c1-3-4-19-35(31(38)32-25-9-7-24(8-10-25)30(36)37)27-17-20-34(21-18-27)22-23-5-13-28(14-6-23)41-29-15-11-26(12-16-29)33-42(2,39)40/h5-16,27,33H,3-4,17-22H2,1-2H3,(H,32,38)(H,36,37). The Bertz CT molecular complexity index is 1440. The minimum Gasteiger partial charge on any atom is -0.478 e. The molecule has 0 unspecified atom stereocenters. The SMILES string of the molecule is CCCCN(C(=O)Nc1ccc(C(=O)O)cc1)C1CCN(Cc2ccc(Oc3ccc(NS(C)(=O)=O)cc3)cc2)CC1. The summed E-state index contributed by atoms with van der Waals surface area (Å²) < 4.78 is 31.1. The zero-order valence-electron chi connectivity index (χ0n) is 24.0. The van der Waals surface area contributed by atoms with Gasteiger partial charge in [-0.25, -0.2) is 18.0 Å². The number of carbonyl (C=O) groups excluding carboxylic acids is 1. The summed E-state index contributed by atoms with van der Waals surface area (Å²) >= 11 is 0. The van der Waals surface area contributed by atoms with Crippen LogP contribution in [0.15, 0.2) is 72.8 Å². The number of unbranched alkanes of at least 4 members (excludes halogenated alkanes) is 1. The lowest BCUT2D eigenvalue weighted by atomic mass is 10.0. The van der Waals surface area contributed by atoms with Gasteiger partial charge in [0, 0.05) is 43.6 Å². The van der Waals surface area contributed by atoms with Crippen LogP contribution >= 0.6 is 0 Å². The Hall–Kier alpha value is -4.09. The summed E-state index contributed by atoms with van der Waals surface area (Å²) in [6.07, 6.45) is 4.76. The number of piperidine rings is 1. The normalized spacial score (nSPS) is 14.2. The van der Waals surface area contributed by atoms with Crippen LogP contribution in [0.4, 0.5) is 16.2 Å². The minimum atomic E-state index is -3.33. The molecule has 3 N–H and O–H groups in total. The molecule has 0 radical (unpaired) electrons. The van der Waals surface area contributed by atoms with Crippen molar-refractivity contribution in [3.63, 3.8) is 0 Å². The third-order valence-electron chi connectivity index (χ3n) is 7.12. The van der Waals surface area contributed by atoms with Gasteiger partial charge in [0.15, 0.2) is 0 Å². The third-order valence-corrected chi connectivity index (χ3v) is 7.72. The number of sulfonamides is 1. The fraction of sp³-hybridized carbons (Fsp3) is 0.355. The first-order chi connectivity index (χ1) is 20.1. The Morgan fingerprint density at radius 3 is 2.05 bits per heavy atom. The highest BCUT2D eigenvalue weighted by Crippen LogP contribution is 2.25. The monoisotopic (exact) mass is 594 g/mol. The van der Waals surface area contributed by atoms with E-state index in [0.29, 0.717) is 29.4 Å². The van der Waals surface area contributed by atoms with Gasteiger partial charge >= 0.3 is 12.0 Å². The number of benzene rings is 3. The number of aromatic carboxylic acids is 1. The first-order valence-electron chi connectivity index (χ1n) is 14.1. The number of carboxylic acid groups (broad SMARTS) is 1. The number of ether oxygens (including phenoxy) is 1. The van der Waals surface area contributed by atoms with E-state index in [-0.39, 0.29) is 17.6 Å². The van der Waals surface area contributed by atoms with Gasteiger partial charge in [-0.15, -0.1) is 0 Å². The van der Waals surface area contributed by atoms with E-state index in [1.807, 2.05) is 29.2 Å². The van der Waals surface area contributed by atoms with Crippen LogP contribution in [0.3, 0.4) is 0 Å². The third kappa shape index (κ3) is 9.22. The summed E-state index contributed by atoms with van der Waals surface area (Å²) in [5.41, 5.74) is 2.41. The number of carboxylic acids is 1. The Morgan fingerprint density at radius 1 is 0.929 bits per heavy atom. The van der Waals surface area contributed by atoms with Crippen LogP contribution in [0.2, 0.25) is 0 Å². The molecule has 4 rings (SSSR count). The molecule has 3 aromatic rings. The van der Waals surface area contributed by atoms with Crippen LogP contribution in [0.5, 0.6) is 11.5 Å². The predicted molar refractivity (Wildman–Crippen MR) is 164 cm³/mol.